The van der Waals surface area contributed by atoms with Crippen LogP contribution in [-0.2, 0) is 9.84 Å². The number of rotatable bonds is 0. The Kier molecular flexibility index (Phi) is 1.81. The topological polar surface area (TPSA) is 84.5 Å². The van der Waals surface area contributed by atoms with Crippen LogP contribution in [0.5, 0.6) is 0 Å². The van der Waals surface area contributed by atoms with Crippen LogP contribution in [0.25, 0.3) is 0 Å². The van der Waals surface area contributed by atoms with Gasteiger partial charge in [-0.25, -0.2) is 14.3 Å². The Morgan fingerprint density at radius 3 is 2.92 bits per heavy atom. The summed E-state index contributed by atoms with van der Waals surface area (Å²) in [5, 5.41) is 0.737. The zero-order valence-corrected chi connectivity index (χ0v) is 7.86. The fourth-order valence-electron chi connectivity index (χ4n) is 1.43. The Balaban J connectivity index is 2.18. The zero-order chi connectivity index (χ0) is 8.77. The lowest BCUT2D eigenvalue weighted by Crippen LogP contribution is -2.27. The molecule has 7 heteroatoms. The van der Waals surface area contributed by atoms with Crippen molar-refractivity contribution in [3.8, 4) is 0 Å². The first-order valence-corrected chi connectivity index (χ1v) is 6.22. The van der Waals surface area contributed by atoms with E-state index >= 15 is 0 Å². The summed E-state index contributed by atoms with van der Waals surface area (Å²) in [6.07, 6.45) is 0. The van der Waals surface area contributed by atoms with Crippen LogP contribution in [0.1, 0.15) is 0 Å². The van der Waals surface area contributed by atoms with Crippen molar-refractivity contribution >= 4 is 26.8 Å². The molecule has 0 bridgehead atoms. The molecule has 0 aromatic carbocycles. The van der Waals surface area contributed by atoms with Crippen LogP contribution in [0.15, 0.2) is 4.99 Å². The van der Waals surface area contributed by atoms with Crippen molar-refractivity contribution in [2.24, 2.45) is 10.8 Å². The fraction of sp³-hybridized carbons (Fsp3) is 0.800. The summed E-state index contributed by atoms with van der Waals surface area (Å²) in [6, 6.07) is -0.0777. The number of nitrogens with one attached hydrogen (secondary N) is 1. The summed E-state index contributed by atoms with van der Waals surface area (Å²) in [6.45, 7) is 0. The number of aliphatic imine (C=N–C) groups is 1. The Morgan fingerprint density at radius 1 is 1.58 bits per heavy atom. The van der Waals surface area contributed by atoms with Crippen molar-refractivity contribution in [3.63, 3.8) is 0 Å². The molecule has 0 radical (unpaired) electrons. The second-order valence-corrected chi connectivity index (χ2v) is 6.26. The van der Waals surface area contributed by atoms with Crippen molar-refractivity contribution in [2.75, 3.05) is 11.5 Å². The molecule has 3 N–H and O–H groups in total. The average Bonchev–Trinajstić information content (AvgIpc) is 2.40. The van der Waals surface area contributed by atoms with Gasteiger partial charge in [-0.05, 0) is 0 Å². The van der Waals surface area contributed by atoms with Gasteiger partial charge in [0.25, 0.3) is 0 Å². The van der Waals surface area contributed by atoms with Gasteiger partial charge in [0.15, 0.2) is 15.0 Å². The highest BCUT2D eigenvalue weighted by atomic mass is 32.2. The maximum absolute atomic E-state index is 11.1. The SMILES string of the molecule is NNC1=N[C@H]2CS(=O)(=O)C[C@H]2S1. The molecule has 0 aromatic rings. The van der Waals surface area contributed by atoms with Crippen LogP contribution in [0.2, 0.25) is 0 Å². The summed E-state index contributed by atoms with van der Waals surface area (Å²) in [4.78, 5) is 4.13. The first kappa shape index (κ1) is 8.33. The number of hydrazine groups is 1. The highest BCUT2D eigenvalue weighted by Gasteiger charge is 2.42. The lowest BCUT2D eigenvalue weighted by molar-refractivity contribution is 0.601. The van der Waals surface area contributed by atoms with Crippen LogP contribution in [-0.4, -0.2) is 36.4 Å². The minimum absolute atomic E-state index is 0.0777. The van der Waals surface area contributed by atoms with Crippen molar-refractivity contribution in [1.29, 1.82) is 0 Å². The highest BCUT2D eigenvalue weighted by molar-refractivity contribution is 8.15. The molecule has 2 atom stereocenters. The van der Waals surface area contributed by atoms with Gasteiger partial charge < -0.3 is 5.43 Å². The van der Waals surface area contributed by atoms with Gasteiger partial charge in [0.05, 0.1) is 17.5 Å². The lowest BCUT2D eigenvalue weighted by Gasteiger charge is -2.00. The Hall–Kier alpha value is -0.270. The third kappa shape index (κ3) is 1.32. The van der Waals surface area contributed by atoms with Crippen LogP contribution in [0.4, 0.5) is 0 Å². The standard InChI is InChI=1S/C5H9N3O2S2/c6-8-5-7-3-1-12(9,10)2-4(3)11-5/h3-4H,1-2,6H2,(H,7,8)/t3-,4+/m0/s1. The minimum atomic E-state index is -2.83. The first-order valence-electron chi connectivity index (χ1n) is 3.52. The van der Waals surface area contributed by atoms with Gasteiger partial charge >= 0.3 is 0 Å². The molecule has 2 aliphatic rings. The van der Waals surface area contributed by atoms with E-state index in [1.807, 2.05) is 0 Å². The smallest absolute Gasteiger partial charge is 0.171 e. The van der Waals surface area contributed by atoms with Crippen molar-refractivity contribution in [1.82, 2.24) is 5.43 Å². The van der Waals surface area contributed by atoms with Gasteiger partial charge in [0.2, 0.25) is 0 Å². The first-order chi connectivity index (χ1) is 5.61. The summed E-state index contributed by atoms with van der Waals surface area (Å²) in [5.41, 5.74) is 2.44. The second-order valence-electron chi connectivity index (χ2n) is 2.88. The van der Waals surface area contributed by atoms with Crippen LogP contribution < -0.4 is 11.3 Å². The predicted octanol–water partition coefficient (Wildman–Crippen LogP) is -1.28. The van der Waals surface area contributed by atoms with Gasteiger partial charge in [-0.2, -0.15) is 0 Å². The van der Waals surface area contributed by atoms with Crippen LogP contribution >= 0.6 is 11.8 Å². The fourth-order valence-corrected chi connectivity index (χ4v) is 4.99. The van der Waals surface area contributed by atoms with Gasteiger partial charge in [0, 0.05) is 5.25 Å². The number of thioether (sulfide) groups is 1. The Morgan fingerprint density at radius 2 is 2.33 bits per heavy atom. The quantitative estimate of drug-likeness (QED) is 0.382. The number of amidine groups is 1. The molecule has 1 saturated heterocycles. The van der Waals surface area contributed by atoms with E-state index in [1.165, 1.54) is 11.8 Å². The third-order valence-electron chi connectivity index (χ3n) is 1.94. The molecule has 68 valence electrons. The summed E-state index contributed by atoms with van der Waals surface area (Å²) in [5.74, 6) is 5.56. The monoisotopic (exact) mass is 207 g/mol. The molecule has 1 fully saturated rings. The normalized spacial score (nSPS) is 37.6. The van der Waals surface area contributed by atoms with Gasteiger partial charge in [-0.3, -0.25) is 4.99 Å². The minimum Gasteiger partial charge on any atom is -0.303 e. The van der Waals surface area contributed by atoms with E-state index < -0.39 is 9.84 Å². The Bertz CT molecular complexity index is 324. The van der Waals surface area contributed by atoms with E-state index in [2.05, 4.69) is 10.4 Å². The number of hydrogen-bond donors (Lipinski definition) is 2. The van der Waals surface area contributed by atoms with Gasteiger partial charge in [0.1, 0.15) is 0 Å². The lowest BCUT2D eigenvalue weighted by atomic mass is 10.3. The maximum atomic E-state index is 11.1. The zero-order valence-electron chi connectivity index (χ0n) is 6.23. The van der Waals surface area contributed by atoms with E-state index in [0.29, 0.717) is 5.17 Å². The summed E-state index contributed by atoms with van der Waals surface area (Å²) >= 11 is 1.42. The van der Waals surface area contributed by atoms with E-state index in [1.54, 1.807) is 0 Å². The van der Waals surface area contributed by atoms with E-state index in [9.17, 15) is 8.42 Å². The van der Waals surface area contributed by atoms with Crippen LogP contribution in [0.3, 0.4) is 0 Å². The molecule has 0 unspecified atom stereocenters. The summed E-state index contributed by atoms with van der Waals surface area (Å²) in [7, 11) is -2.83. The van der Waals surface area contributed by atoms with Crippen LogP contribution in [0, 0.1) is 0 Å². The molecular formula is C5H9N3O2S2. The number of fused-ring (bicyclic) bond motifs is 1. The van der Waals surface area contributed by atoms with Crippen molar-refractivity contribution in [2.45, 2.75) is 11.3 Å². The van der Waals surface area contributed by atoms with E-state index in [-0.39, 0.29) is 22.8 Å². The molecule has 2 aliphatic heterocycles. The van der Waals surface area contributed by atoms with Gasteiger partial charge in [-0.15, -0.1) is 0 Å². The molecule has 5 nitrogen and oxygen atoms in total. The molecule has 2 heterocycles. The van der Waals surface area contributed by atoms with Gasteiger partial charge in [-0.1, -0.05) is 11.8 Å². The number of nitrogens with two attached hydrogens (primary N) is 1. The molecule has 2 rings (SSSR count). The number of nitrogens with zero attached hydrogens (tertiary/aromatic N) is 1. The third-order valence-corrected chi connectivity index (χ3v) is 5.10. The Labute approximate surface area is 74.7 Å². The number of sulfone groups is 1. The largest absolute Gasteiger partial charge is 0.303 e. The molecule has 12 heavy (non-hydrogen) atoms. The average molecular weight is 207 g/mol. The molecule has 0 spiro atoms. The molecule has 0 amide bonds. The predicted molar refractivity (Wildman–Crippen MR) is 48.6 cm³/mol. The molecule has 0 aromatic heterocycles. The van der Waals surface area contributed by atoms with E-state index in [0.717, 1.165) is 0 Å². The highest BCUT2D eigenvalue weighted by Crippen LogP contribution is 2.32. The van der Waals surface area contributed by atoms with Crippen molar-refractivity contribution < 1.29 is 8.42 Å². The molecule has 0 saturated carbocycles. The summed E-state index contributed by atoms with van der Waals surface area (Å²) < 4.78 is 22.2. The number of hydrogen-bond acceptors (Lipinski definition) is 6. The van der Waals surface area contributed by atoms with E-state index in [4.69, 9.17) is 5.84 Å². The molecular weight excluding hydrogens is 198 g/mol. The van der Waals surface area contributed by atoms with Crippen molar-refractivity contribution in [3.05, 3.63) is 0 Å². The second kappa shape index (κ2) is 2.61. The molecule has 0 aliphatic carbocycles. The maximum Gasteiger partial charge on any atom is 0.171 e.